The van der Waals surface area contributed by atoms with Gasteiger partial charge in [-0.25, -0.2) is 0 Å². The van der Waals surface area contributed by atoms with Gasteiger partial charge in [0.15, 0.2) is 0 Å². The van der Waals surface area contributed by atoms with E-state index in [1.165, 1.54) is 0 Å². The molecule has 0 unspecified atom stereocenters. The molecule has 3 nitrogen and oxygen atoms in total. The fraction of sp³-hybridized carbons (Fsp3) is 0.0714. The second kappa shape index (κ2) is 5.44. The van der Waals surface area contributed by atoms with Crippen molar-refractivity contribution in [2.24, 2.45) is 0 Å². The third kappa shape index (κ3) is 2.93. The second-order valence-electron chi connectivity index (χ2n) is 3.90. The molecule has 18 heavy (non-hydrogen) atoms. The minimum Gasteiger partial charge on any atom is -0.399 e. The predicted octanol–water partition coefficient (Wildman–Crippen LogP) is 3.41. The lowest BCUT2D eigenvalue weighted by atomic mass is 10.1. The monoisotopic (exact) mass is 257 g/mol. The largest absolute Gasteiger partial charge is 0.399 e. The highest BCUT2D eigenvalue weighted by atomic mass is 35.5. The molecule has 0 atom stereocenters. The minimum atomic E-state index is 0.534. The molecule has 90 valence electrons. The van der Waals surface area contributed by atoms with Crippen LogP contribution in [0.5, 0.6) is 0 Å². The van der Waals surface area contributed by atoms with Crippen molar-refractivity contribution in [3.8, 4) is 6.07 Å². The van der Waals surface area contributed by atoms with Crippen LogP contribution in [0.2, 0.25) is 5.02 Å². The van der Waals surface area contributed by atoms with Gasteiger partial charge in [-0.1, -0.05) is 23.7 Å². The molecule has 0 amide bonds. The van der Waals surface area contributed by atoms with Crippen LogP contribution in [-0.2, 0) is 6.54 Å². The molecule has 0 heterocycles. The number of hydrogen-bond acceptors (Lipinski definition) is 3. The number of halogens is 1. The Labute approximate surface area is 111 Å². The standard InChI is InChI=1S/C14H12ClN3/c15-12-4-5-14(11(7-12)8-16)18-9-10-2-1-3-13(17)6-10/h1-7,18H,9,17H2. The SMILES string of the molecule is N#Cc1cc(Cl)ccc1NCc1cccc(N)c1. The van der Waals surface area contributed by atoms with Gasteiger partial charge in [-0.15, -0.1) is 0 Å². The molecule has 2 aromatic rings. The van der Waals surface area contributed by atoms with Gasteiger partial charge in [0.25, 0.3) is 0 Å². The molecule has 4 heteroatoms. The Morgan fingerprint density at radius 2 is 2.06 bits per heavy atom. The summed E-state index contributed by atoms with van der Waals surface area (Å²) in [6, 6.07) is 14.9. The first kappa shape index (κ1) is 12.3. The molecule has 0 aliphatic carbocycles. The highest BCUT2D eigenvalue weighted by molar-refractivity contribution is 6.30. The Morgan fingerprint density at radius 3 is 2.78 bits per heavy atom. The average Bonchev–Trinajstić information content (AvgIpc) is 2.37. The summed E-state index contributed by atoms with van der Waals surface area (Å²) in [6.45, 7) is 0.612. The van der Waals surface area contributed by atoms with Crippen LogP contribution in [0.25, 0.3) is 0 Å². The van der Waals surface area contributed by atoms with E-state index in [4.69, 9.17) is 22.6 Å². The van der Waals surface area contributed by atoms with E-state index in [9.17, 15) is 0 Å². The first-order chi connectivity index (χ1) is 8.69. The van der Waals surface area contributed by atoms with E-state index >= 15 is 0 Å². The maximum absolute atomic E-state index is 9.02. The number of rotatable bonds is 3. The minimum absolute atomic E-state index is 0.534. The predicted molar refractivity (Wildman–Crippen MR) is 74.3 cm³/mol. The lowest BCUT2D eigenvalue weighted by molar-refractivity contribution is 1.15. The molecule has 3 N–H and O–H groups in total. The van der Waals surface area contributed by atoms with Crippen molar-refractivity contribution in [2.45, 2.75) is 6.54 Å². The zero-order valence-corrected chi connectivity index (χ0v) is 10.4. The van der Waals surface area contributed by atoms with Gasteiger partial charge in [0, 0.05) is 17.3 Å². The fourth-order valence-electron chi connectivity index (χ4n) is 1.66. The number of nitrogens with zero attached hydrogens (tertiary/aromatic N) is 1. The molecule has 2 aromatic carbocycles. The summed E-state index contributed by atoms with van der Waals surface area (Å²) in [7, 11) is 0. The molecular weight excluding hydrogens is 246 g/mol. The Hall–Kier alpha value is -2.18. The summed E-state index contributed by atoms with van der Waals surface area (Å²) in [5, 5.41) is 12.8. The molecule has 0 fully saturated rings. The fourth-order valence-corrected chi connectivity index (χ4v) is 1.84. The van der Waals surface area contributed by atoms with Gasteiger partial charge in [0.05, 0.1) is 11.3 Å². The maximum Gasteiger partial charge on any atom is 0.101 e. The number of hydrogen-bond donors (Lipinski definition) is 2. The maximum atomic E-state index is 9.02. The van der Waals surface area contributed by atoms with Crippen LogP contribution >= 0.6 is 11.6 Å². The van der Waals surface area contributed by atoms with Gasteiger partial charge in [-0.05, 0) is 35.9 Å². The van der Waals surface area contributed by atoms with Crippen molar-refractivity contribution < 1.29 is 0 Å². The van der Waals surface area contributed by atoms with Crippen LogP contribution in [0.15, 0.2) is 42.5 Å². The van der Waals surface area contributed by atoms with Crippen molar-refractivity contribution in [1.29, 1.82) is 5.26 Å². The van der Waals surface area contributed by atoms with Crippen LogP contribution in [0.3, 0.4) is 0 Å². The summed E-state index contributed by atoms with van der Waals surface area (Å²) in [5.74, 6) is 0. The first-order valence-corrected chi connectivity index (χ1v) is 5.85. The normalized spacial score (nSPS) is 9.78. The second-order valence-corrected chi connectivity index (χ2v) is 4.34. The number of nitrogens with one attached hydrogen (secondary N) is 1. The Morgan fingerprint density at radius 1 is 1.22 bits per heavy atom. The van der Waals surface area contributed by atoms with Gasteiger partial charge in [-0.3, -0.25) is 0 Å². The lowest BCUT2D eigenvalue weighted by Gasteiger charge is -2.09. The van der Waals surface area contributed by atoms with Crippen LogP contribution in [0.1, 0.15) is 11.1 Å². The molecule has 0 bridgehead atoms. The molecule has 2 rings (SSSR count). The van der Waals surface area contributed by atoms with Crippen molar-refractivity contribution >= 4 is 23.0 Å². The highest BCUT2D eigenvalue weighted by Crippen LogP contribution is 2.20. The van der Waals surface area contributed by atoms with Crippen molar-refractivity contribution in [1.82, 2.24) is 0 Å². The van der Waals surface area contributed by atoms with Crippen molar-refractivity contribution in [3.05, 3.63) is 58.6 Å². The Kier molecular flexibility index (Phi) is 3.71. The summed E-state index contributed by atoms with van der Waals surface area (Å²) in [4.78, 5) is 0. The van der Waals surface area contributed by atoms with E-state index in [-0.39, 0.29) is 0 Å². The lowest BCUT2D eigenvalue weighted by Crippen LogP contribution is -2.01. The number of nitrogens with two attached hydrogens (primary N) is 1. The number of anilines is 2. The van der Waals surface area contributed by atoms with E-state index in [0.29, 0.717) is 17.1 Å². The summed E-state index contributed by atoms with van der Waals surface area (Å²) < 4.78 is 0. The smallest absolute Gasteiger partial charge is 0.101 e. The first-order valence-electron chi connectivity index (χ1n) is 5.47. The van der Waals surface area contributed by atoms with Crippen molar-refractivity contribution in [2.75, 3.05) is 11.1 Å². The average molecular weight is 258 g/mol. The van der Waals surface area contributed by atoms with Gasteiger partial charge >= 0.3 is 0 Å². The zero-order valence-electron chi connectivity index (χ0n) is 9.65. The van der Waals surface area contributed by atoms with E-state index in [1.807, 2.05) is 24.3 Å². The number of benzene rings is 2. The molecule has 0 spiro atoms. The van der Waals surface area contributed by atoms with Gasteiger partial charge in [0.2, 0.25) is 0 Å². The molecular formula is C14H12ClN3. The summed E-state index contributed by atoms with van der Waals surface area (Å²) in [6.07, 6.45) is 0. The van der Waals surface area contributed by atoms with E-state index in [0.717, 1.165) is 16.9 Å². The van der Waals surface area contributed by atoms with Crippen LogP contribution in [-0.4, -0.2) is 0 Å². The zero-order chi connectivity index (χ0) is 13.0. The van der Waals surface area contributed by atoms with Gasteiger partial charge in [0.1, 0.15) is 6.07 Å². The third-order valence-electron chi connectivity index (χ3n) is 2.54. The highest BCUT2D eigenvalue weighted by Gasteiger charge is 2.02. The van der Waals surface area contributed by atoms with E-state index in [1.54, 1.807) is 18.2 Å². The number of nitriles is 1. The third-order valence-corrected chi connectivity index (χ3v) is 2.77. The molecule has 0 radical (unpaired) electrons. The molecule has 0 aliphatic rings. The van der Waals surface area contributed by atoms with Gasteiger partial charge < -0.3 is 11.1 Å². The van der Waals surface area contributed by atoms with Gasteiger partial charge in [-0.2, -0.15) is 5.26 Å². The van der Waals surface area contributed by atoms with Crippen LogP contribution < -0.4 is 11.1 Å². The van der Waals surface area contributed by atoms with Crippen molar-refractivity contribution in [3.63, 3.8) is 0 Å². The topological polar surface area (TPSA) is 61.8 Å². The summed E-state index contributed by atoms with van der Waals surface area (Å²) in [5.41, 5.74) is 8.80. The van der Waals surface area contributed by atoms with E-state index in [2.05, 4.69) is 11.4 Å². The summed E-state index contributed by atoms with van der Waals surface area (Å²) >= 11 is 5.84. The number of nitrogen functional groups attached to an aromatic ring is 1. The Balaban J connectivity index is 2.14. The molecule has 0 saturated carbocycles. The quantitative estimate of drug-likeness (QED) is 0.829. The molecule has 0 saturated heterocycles. The van der Waals surface area contributed by atoms with Crippen LogP contribution in [0, 0.1) is 11.3 Å². The van der Waals surface area contributed by atoms with E-state index < -0.39 is 0 Å². The Bertz CT molecular complexity index is 602. The molecule has 0 aliphatic heterocycles. The molecule has 0 aromatic heterocycles. The van der Waals surface area contributed by atoms with Crippen LogP contribution in [0.4, 0.5) is 11.4 Å².